The third kappa shape index (κ3) is 18.3. The van der Waals surface area contributed by atoms with E-state index < -0.39 is 36.0 Å². The van der Waals surface area contributed by atoms with Gasteiger partial charge in [0.1, 0.15) is 0 Å². The number of carboxylic acids is 4. The van der Waals surface area contributed by atoms with Crippen molar-refractivity contribution in [2.75, 3.05) is 0 Å². The van der Waals surface area contributed by atoms with Crippen LogP contribution in [-0.2, 0) is 36.2 Å². The van der Waals surface area contributed by atoms with Crippen LogP contribution in [-0.4, -0.2) is 56.4 Å². The SMILES string of the molecule is [Cu+2].[NH-]C(CCC(=O)O)C(=O)O.[NH-]C(CCC(=O)O)C(=O)O. The molecule has 21 heavy (non-hydrogen) atoms. The smallest absolute Gasteiger partial charge is 0.665 e. The summed E-state index contributed by atoms with van der Waals surface area (Å²) in [6, 6.07) is -2.62. The van der Waals surface area contributed by atoms with Crippen molar-refractivity contribution >= 4 is 23.9 Å². The Kier molecular flexibility index (Phi) is 15.4. The molecule has 0 aliphatic rings. The third-order valence-corrected chi connectivity index (χ3v) is 1.89. The second kappa shape index (κ2) is 13.3. The second-order valence-corrected chi connectivity index (χ2v) is 3.65. The molecule has 0 spiro atoms. The first-order chi connectivity index (χ1) is 9.07. The van der Waals surface area contributed by atoms with Crippen molar-refractivity contribution in [3.05, 3.63) is 11.5 Å². The van der Waals surface area contributed by atoms with Gasteiger partial charge in [-0.1, -0.05) is 0 Å². The van der Waals surface area contributed by atoms with Gasteiger partial charge in [0.25, 0.3) is 11.9 Å². The van der Waals surface area contributed by atoms with Crippen LogP contribution in [0.15, 0.2) is 0 Å². The molecular weight excluding hydrogens is 340 g/mol. The Labute approximate surface area is 130 Å². The first-order valence-corrected chi connectivity index (χ1v) is 5.39. The molecule has 0 bridgehead atoms. The zero-order valence-electron chi connectivity index (χ0n) is 10.7. The largest absolute Gasteiger partial charge is 2.00 e. The number of aliphatic carboxylic acids is 4. The first kappa shape index (κ1) is 24.3. The molecule has 0 aromatic heterocycles. The number of rotatable bonds is 8. The normalized spacial score (nSPS) is 11.9. The monoisotopic (exact) mass is 355 g/mol. The second-order valence-electron chi connectivity index (χ2n) is 3.65. The van der Waals surface area contributed by atoms with Gasteiger partial charge in [-0.3, -0.25) is 19.2 Å². The van der Waals surface area contributed by atoms with Crippen LogP contribution in [0, 0.1) is 0 Å². The molecule has 0 aromatic carbocycles. The Bertz CT molecular complexity index is 329. The number of carbonyl (C=O) groups is 4. The van der Waals surface area contributed by atoms with E-state index in [2.05, 4.69) is 0 Å². The van der Waals surface area contributed by atoms with Crippen molar-refractivity contribution in [2.45, 2.75) is 37.8 Å². The summed E-state index contributed by atoms with van der Waals surface area (Å²) in [5, 5.41) is 32.4. The number of nitrogens with one attached hydrogen (secondary N) is 2. The molecule has 0 rings (SSSR count). The molecular formula is C10H16CuN2O8. The summed E-state index contributed by atoms with van der Waals surface area (Å²) in [6.07, 6.45) is -0.795. The molecule has 0 heterocycles. The predicted octanol–water partition coefficient (Wildman–Crippen LogP) is 0.711. The Morgan fingerprint density at radius 2 is 0.952 bits per heavy atom. The molecule has 1 radical (unpaired) electrons. The van der Waals surface area contributed by atoms with E-state index >= 15 is 0 Å². The van der Waals surface area contributed by atoms with Gasteiger partial charge in [-0.05, 0) is 24.9 Å². The average Bonchev–Trinajstić information content (AvgIpc) is 2.33. The number of hydrogen-bond acceptors (Lipinski definition) is 4. The first-order valence-electron chi connectivity index (χ1n) is 5.39. The maximum atomic E-state index is 9.93. The molecule has 11 heteroatoms. The fraction of sp³-hybridized carbons (Fsp3) is 0.600. The molecule has 10 nitrogen and oxygen atoms in total. The molecule has 0 aliphatic heterocycles. The Balaban J connectivity index is -0.000000295. The minimum Gasteiger partial charge on any atom is -0.665 e. The van der Waals surface area contributed by atoms with Crippen LogP contribution in [0.2, 0.25) is 0 Å². The van der Waals surface area contributed by atoms with E-state index in [1.807, 2.05) is 0 Å². The van der Waals surface area contributed by atoms with Crippen molar-refractivity contribution in [2.24, 2.45) is 0 Å². The van der Waals surface area contributed by atoms with Crippen molar-refractivity contribution < 1.29 is 56.7 Å². The van der Waals surface area contributed by atoms with E-state index in [0.717, 1.165) is 0 Å². The van der Waals surface area contributed by atoms with E-state index in [4.69, 9.17) is 31.9 Å². The van der Waals surface area contributed by atoms with Gasteiger partial charge in [-0.25, -0.2) is 0 Å². The van der Waals surface area contributed by atoms with E-state index in [0.29, 0.717) is 0 Å². The fourth-order valence-electron chi connectivity index (χ4n) is 0.783. The molecule has 0 aromatic rings. The predicted molar refractivity (Wildman–Crippen MR) is 65.2 cm³/mol. The van der Waals surface area contributed by atoms with Gasteiger partial charge < -0.3 is 31.9 Å². The molecule has 2 unspecified atom stereocenters. The summed E-state index contributed by atoms with van der Waals surface area (Å²) in [5.74, 6) is -4.69. The van der Waals surface area contributed by atoms with E-state index in [1.165, 1.54) is 0 Å². The van der Waals surface area contributed by atoms with Gasteiger partial charge in [-0.15, -0.1) is 0 Å². The molecule has 0 fully saturated rings. The molecule has 0 amide bonds. The van der Waals surface area contributed by atoms with E-state index in [1.54, 1.807) is 0 Å². The van der Waals surface area contributed by atoms with Crippen LogP contribution in [0.3, 0.4) is 0 Å². The average molecular weight is 356 g/mol. The summed E-state index contributed by atoms with van der Waals surface area (Å²) in [5.41, 5.74) is 13.5. The summed E-state index contributed by atoms with van der Waals surface area (Å²) in [7, 11) is 0. The minimum atomic E-state index is -1.31. The van der Waals surface area contributed by atoms with Crippen LogP contribution in [0.5, 0.6) is 0 Å². The van der Waals surface area contributed by atoms with Crippen LogP contribution in [0.25, 0.3) is 11.5 Å². The van der Waals surface area contributed by atoms with Crippen molar-refractivity contribution in [3.8, 4) is 0 Å². The van der Waals surface area contributed by atoms with Crippen LogP contribution < -0.4 is 0 Å². The molecule has 2 atom stereocenters. The van der Waals surface area contributed by atoms with Gasteiger partial charge in [0.2, 0.25) is 0 Å². The summed E-state index contributed by atoms with van der Waals surface area (Å²) in [6.45, 7) is 0. The number of hydrogen-bond donors (Lipinski definition) is 4. The minimum absolute atomic E-state index is 0. The number of carboxylic acid groups (broad SMARTS) is 4. The van der Waals surface area contributed by atoms with Crippen LogP contribution in [0.4, 0.5) is 0 Å². The molecule has 0 saturated heterocycles. The van der Waals surface area contributed by atoms with Gasteiger partial charge in [0.15, 0.2) is 0 Å². The van der Waals surface area contributed by atoms with E-state index in [-0.39, 0.29) is 42.8 Å². The topological polar surface area (TPSA) is 197 Å². The van der Waals surface area contributed by atoms with Gasteiger partial charge in [-0.2, -0.15) is 0 Å². The van der Waals surface area contributed by atoms with Crippen molar-refractivity contribution in [1.82, 2.24) is 0 Å². The standard InChI is InChI=1S/2C5H8NO4.Cu/c2*6-3(5(9)10)1-2-4(7)8;/h2*3,6H,1-2H2,(H,7,8)(H,9,10);/q2*-1;+2. The molecule has 125 valence electrons. The summed E-state index contributed by atoms with van der Waals surface area (Å²) >= 11 is 0. The van der Waals surface area contributed by atoms with Crippen molar-refractivity contribution in [3.63, 3.8) is 0 Å². The third-order valence-electron chi connectivity index (χ3n) is 1.89. The molecule has 0 aliphatic carbocycles. The Morgan fingerprint density at radius 3 is 1.10 bits per heavy atom. The van der Waals surface area contributed by atoms with Crippen LogP contribution >= 0.6 is 0 Å². The Morgan fingerprint density at radius 1 is 0.714 bits per heavy atom. The Hall–Kier alpha value is -1.68. The summed E-state index contributed by atoms with van der Waals surface area (Å²) in [4.78, 5) is 39.6. The zero-order chi connectivity index (χ0) is 16.3. The maximum Gasteiger partial charge on any atom is 2.00 e. The quantitative estimate of drug-likeness (QED) is 0.456. The summed E-state index contributed by atoms with van der Waals surface area (Å²) < 4.78 is 0. The molecule has 0 saturated carbocycles. The van der Waals surface area contributed by atoms with Crippen molar-refractivity contribution in [1.29, 1.82) is 0 Å². The maximum absolute atomic E-state index is 9.93. The van der Waals surface area contributed by atoms with Crippen LogP contribution in [0.1, 0.15) is 25.7 Å². The fourth-order valence-corrected chi connectivity index (χ4v) is 0.783. The zero-order valence-corrected chi connectivity index (χ0v) is 11.6. The molecule has 6 N–H and O–H groups in total. The van der Waals surface area contributed by atoms with E-state index in [9.17, 15) is 19.2 Å². The van der Waals surface area contributed by atoms with Gasteiger partial charge >= 0.3 is 29.0 Å². The van der Waals surface area contributed by atoms with Gasteiger partial charge in [0, 0.05) is 12.8 Å². The van der Waals surface area contributed by atoms with Gasteiger partial charge in [0.05, 0.1) is 0 Å².